The molecule has 156 valence electrons. The number of phenolic OH excluding ortho intramolecular Hbond substituents is 1. The molecule has 0 aliphatic heterocycles. The fraction of sp³-hybridized carbons (Fsp3) is 0.417. The molecule has 2 rings (SSSR count). The van der Waals surface area contributed by atoms with Gasteiger partial charge >= 0.3 is 5.97 Å². The Morgan fingerprint density at radius 3 is 2.17 bits per heavy atom. The van der Waals surface area contributed by atoms with Gasteiger partial charge in [0, 0.05) is 18.7 Å². The summed E-state index contributed by atoms with van der Waals surface area (Å²) in [4.78, 5) is 27.1. The van der Waals surface area contributed by atoms with Crippen molar-refractivity contribution in [1.82, 2.24) is 0 Å². The summed E-state index contributed by atoms with van der Waals surface area (Å²) >= 11 is 0. The Balaban J connectivity index is 2.65. The van der Waals surface area contributed by atoms with Crippen molar-refractivity contribution in [2.45, 2.75) is 52.9 Å². The lowest BCUT2D eigenvalue weighted by atomic mass is 9.91. The molecule has 0 unspecified atom stereocenters. The van der Waals surface area contributed by atoms with Gasteiger partial charge in [0.05, 0.1) is 16.8 Å². The second-order valence-electron chi connectivity index (χ2n) is 7.14. The standard InChI is InChI=1S/C24H31NO4/c1-4-7-8-10-15-18-16-19(24(28)29)20(22(26)17-13-11-9-12-14-17)23(27)21(18)25(5-2)6-3/h9,11-14,16,27H,4-8,10,15H2,1-3H3,(H,28,29). The number of aromatic hydroxyl groups is 1. The molecular formula is C24H31NO4. The maximum absolute atomic E-state index is 13.1. The SMILES string of the molecule is CCCCCCc1cc(C(=O)O)c(C(=O)c2ccccc2)c(O)c1N(CC)CC. The zero-order valence-electron chi connectivity index (χ0n) is 17.6. The summed E-state index contributed by atoms with van der Waals surface area (Å²) < 4.78 is 0. The van der Waals surface area contributed by atoms with E-state index in [1.807, 2.05) is 18.7 Å². The van der Waals surface area contributed by atoms with E-state index in [-0.39, 0.29) is 16.9 Å². The Morgan fingerprint density at radius 1 is 0.966 bits per heavy atom. The van der Waals surface area contributed by atoms with Crippen LogP contribution in [0.15, 0.2) is 36.4 Å². The number of rotatable bonds is 11. The number of carboxylic acid groups (broad SMARTS) is 1. The van der Waals surface area contributed by atoms with Crippen LogP contribution in [0.2, 0.25) is 0 Å². The van der Waals surface area contributed by atoms with Crippen LogP contribution in [-0.2, 0) is 6.42 Å². The van der Waals surface area contributed by atoms with Gasteiger partial charge in [-0.2, -0.15) is 0 Å². The molecule has 0 bridgehead atoms. The molecule has 5 nitrogen and oxygen atoms in total. The van der Waals surface area contributed by atoms with Crippen LogP contribution in [0.1, 0.15) is 78.3 Å². The number of aryl methyl sites for hydroxylation is 1. The highest BCUT2D eigenvalue weighted by Crippen LogP contribution is 2.39. The van der Waals surface area contributed by atoms with Crippen molar-refractivity contribution in [3.8, 4) is 5.75 Å². The smallest absolute Gasteiger partial charge is 0.336 e. The topological polar surface area (TPSA) is 77.8 Å². The van der Waals surface area contributed by atoms with Gasteiger partial charge in [-0.25, -0.2) is 4.79 Å². The van der Waals surface area contributed by atoms with Gasteiger partial charge < -0.3 is 15.1 Å². The van der Waals surface area contributed by atoms with Crippen molar-refractivity contribution in [2.24, 2.45) is 0 Å². The Kier molecular flexibility index (Phi) is 8.25. The highest BCUT2D eigenvalue weighted by Gasteiger charge is 2.28. The van der Waals surface area contributed by atoms with Gasteiger partial charge in [-0.3, -0.25) is 4.79 Å². The highest BCUT2D eigenvalue weighted by molar-refractivity contribution is 6.17. The van der Waals surface area contributed by atoms with E-state index < -0.39 is 11.8 Å². The molecule has 2 aromatic rings. The summed E-state index contributed by atoms with van der Waals surface area (Å²) in [5.74, 6) is -1.92. The summed E-state index contributed by atoms with van der Waals surface area (Å²) in [6.07, 6.45) is 4.84. The number of hydrogen-bond acceptors (Lipinski definition) is 4. The number of carbonyl (C=O) groups is 2. The molecule has 0 saturated carbocycles. The first-order chi connectivity index (χ1) is 14.0. The highest BCUT2D eigenvalue weighted by atomic mass is 16.4. The van der Waals surface area contributed by atoms with Gasteiger partial charge in [0.2, 0.25) is 0 Å². The molecule has 0 radical (unpaired) electrons. The van der Waals surface area contributed by atoms with Crippen LogP contribution in [0.3, 0.4) is 0 Å². The third-order valence-corrected chi connectivity index (χ3v) is 5.23. The van der Waals surface area contributed by atoms with Crippen LogP contribution < -0.4 is 4.90 Å². The number of anilines is 1. The van der Waals surface area contributed by atoms with Crippen LogP contribution >= 0.6 is 0 Å². The molecule has 0 aliphatic rings. The van der Waals surface area contributed by atoms with E-state index in [0.29, 0.717) is 30.8 Å². The van der Waals surface area contributed by atoms with Crippen LogP contribution in [0, 0.1) is 0 Å². The number of ketones is 1. The predicted octanol–water partition coefficient (Wildman–Crippen LogP) is 5.29. The normalized spacial score (nSPS) is 10.7. The third-order valence-electron chi connectivity index (χ3n) is 5.23. The van der Waals surface area contributed by atoms with Gasteiger partial charge in [-0.05, 0) is 38.3 Å². The van der Waals surface area contributed by atoms with Crippen molar-refractivity contribution in [1.29, 1.82) is 0 Å². The molecule has 0 amide bonds. The molecule has 0 spiro atoms. The third kappa shape index (κ3) is 5.17. The molecule has 0 aliphatic carbocycles. The largest absolute Gasteiger partial charge is 0.505 e. The second-order valence-corrected chi connectivity index (χ2v) is 7.14. The minimum atomic E-state index is -1.21. The van der Waals surface area contributed by atoms with Gasteiger partial charge in [0.1, 0.15) is 0 Å². The van der Waals surface area contributed by atoms with E-state index in [1.54, 1.807) is 36.4 Å². The van der Waals surface area contributed by atoms with Crippen molar-refractivity contribution in [3.05, 3.63) is 58.7 Å². The summed E-state index contributed by atoms with van der Waals surface area (Å²) in [7, 11) is 0. The number of carboxylic acids is 1. The number of nitrogens with zero attached hydrogens (tertiary/aromatic N) is 1. The van der Waals surface area contributed by atoms with E-state index in [0.717, 1.165) is 31.2 Å². The molecule has 5 heteroatoms. The molecule has 29 heavy (non-hydrogen) atoms. The molecular weight excluding hydrogens is 366 g/mol. The van der Waals surface area contributed by atoms with E-state index in [2.05, 4.69) is 6.92 Å². The van der Waals surface area contributed by atoms with Gasteiger partial charge in [-0.15, -0.1) is 0 Å². The monoisotopic (exact) mass is 397 g/mol. The number of unbranched alkanes of at least 4 members (excludes halogenated alkanes) is 3. The average molecular weight is 398 g/mol. The van der Waals surface area contributed by atoms with Crippen LogP contribution in [0.5, 0.6) is 5.75 Å². The maximum atomic E-state index is 13.1. The van der Waals surface area contributed by atoms with Gasteiger partial charge in [-0.1, -0.05) is 56.5 Å². The number of aromatic carboxylic acids is 1. The Hall–Kier alpha value is -2.82. The molecule has 0 saturated heterocycles. The molecule has 0 aromatic heterocycles. The molecule has 0 heterocycles. The number of phenols is 1. The fourth-order valence-electron chi connectivity index (χ4n) is 3.67. The quantitative estimate of drug-likeness (QED) is 0.398. The summed E-state index contributed by atoms with van der Waals surface area (Å²) in [5.41, 5.74) is 1.44. The van der Waals surface area contributed by atoms with E-state index in [4.69, 9.17) is 0 Å². The lowest BCUT2D eigenvalue weighted by molar-refractivity contribution is 0.0692. The van der Waals surface area contributed by atoms with E-state index >= 15 is 0 Å². The Labute approximate surface area is 173 Å². The second kappa shape index (κ2) is 10.6. The molecule has 2 N–H and O–H groups in total. The van der Waals surface area contributed by atoms with Gasteiger partial charge in [0.25, 0.3) is 0 Å². The zero-order valence-corrected chi connectivity index (χ0v) is 17.6. The molecule has 2 aromatic carbocycles. The van der Waals surface area contributed by atoms with Crippen molar-refractivity contribution in [3.63, 3.8) is 0 Å². The van der Waals surface area contributed by atoms with Crippen LogP contribution in [0.4, 0.5) is 5.69 Å². The van der Waals surface area contributed by atoms with Crippen molar-refractivity contribution in [2.75, 3.05) is 18.0 Å². The number of benzene rings is 2. The van der Waals surface area contributed by atoms with Crippen molar-refractivity contribution >= 4 is 17.4 Å². The minimum Gasteiger partial charge on any atom is -0.505 e. The van der Waals surface area contributed by atoms with Crippen LogP contribution in [-0.4, -0.2) is 35.1 Å². The first-order valence-electron chi connectivity index (χ1n) is 10.4. The lowest BCUT2D eigenvalue weighted by Crippen LogP contribution is -2.25. The summed E-state index contributed by atoms with van der Waals surface area (Å²) in [6.45, 7) is 7.40. The maximum Gasteiger partial charge on any atom is 0.336 e. The Morgan fingerprint density at radius 2 is 1.62 bits per heavy atom. The molecule has 0 fully saturated rings. The van der Waals surface area contributed by atoms with Crippen molar-refractivity contribution < 1.29 is 19.8 Å². The Bertz CT molecular complexity index is 842. The first kappa shape index (κ1) is 22.5. The van der Waals surface area contributed by atoms with Crippen LogP contribution in [0.25, 0.3) is 0 Å². The first-order valence-corrected chi connectivity index (χ1v) is 10.4. The predicted molar refractivity (Wildman–Crippen MR) is 116 cm³/mol. The van der Waals surface area contributed by atoms with E-state index in [1.165, 1.54) is 0 Å². The number of hydrogen-bond donors (Lipinski definition) is 2. The summed E-state index contributed by atoms with van der Waals surface area (Å²) in [6, 6.07) is 10.1. The average Bonchev–Trinajstić information content (AvgIpc) is 2.73. The number of carbonyl (C=O) groups excluding carboxylic acids is 1. The minimum absolute atomic E-state index is 0.136. The molecule has 0 atom stereocenters. The zero-order chi connectivity index (χ0) is 21.4. The van der Waals surface area contributed by atoms with E-state index in [9.17, 15) is 19.8 Å². The fourth-order valence-corrected chi connectivity index (χ4v) is 3.67. The van der Waals surface area contributed by atoms with Gasteiger partial charge in [0.15, 0.2) is 11.5 Å². The summed E-state index contributed by atoms with van der Waals surface area (Å²) in [5, 5.41) is 20.9. The lowest BCUT2D eigenvalue weighted by Gasteiger charge is -2.27.